The summed E-state index contributed by atoms with van der Waals surface area (Å²) in [6.45, 7) is 6.31. The van der Waals surface area contributed by atoms with Crippen molar-refractivity contribution in [1.82, 2.24) is 10.2 Å². The van der Waals surface area contributed by atoms with Crippen molar-refractivity contribution in [3.05, 3.63) is 0 Å². The second-order valence-electron chi connectivity index (χ2n) is 5.63. The Morgan fingerprint density at radius 2 is 2.11 bits per heavy atom. The Bertz CT molecular complexity index is 303. The van der Waals surface area contributed by atoms with Gasteiger partial charge in [-0.1, -0.05) is 13.8 Å². The van der Waals surface area contributed by atoms with E-state index in [0.29, 0.717) is 6.54 Å². The summed E-state index contributed by atoms with van der Waals surface area (Å²) in [6.07, 6.45) is 2.58. The normalized spacial score (nSPS) is 26.4. The molecule has 2 N–H and O–H groups in total. The van der Waals surface area contributed by atoms with Crippen molar-refractivity contribution in [3.8, 4) is 0 Å². The predicted molar refractivity (Wildman–Crippen MR) is 75.1 cm³/mol. The average molecular weight is 272 g/mol. The van der Waals surface area contributed by atoms with Gasteiger partial charge in [0.2, 0.25) is 0 Å². The maximum atomic E-state index is 12.1. The van der Waals surface area contributed by atoms with Gasteiger partial charge in [0.25, 0.3) is 0 Å². The highest BCUT2D eigenvalue weighted by Gasteiger charge is 2.53. The first kappa shape index (κ1) is 16.2. The van der Waals surface area contributed by atoms with Gasteiger partial charge in [0.1, 0.15) is 0 Å². The summed E-state index contributed by atoms with van der Waals surface area (Å²) in [7, 11) is 3.44. The lowest BCUT2D eigenvalue weighted by Gasteiger charge is -2.55. The van der Waals surface area contributed by atoms with Crippen molar-refractivity contribution in [1.29, 1.82) is 0 Å². The predicted octanol–water partition coefficient (Wildman–Crippen LogP) is 1.60. The van der Waals surface area contributed by atoms with Gasteiger partial charge in [-0.25, -0.2) is 4.79 Å². The molecule has 0 radical (unpaired) electrons. The number of carbonyl (C=O) groups is 1. The van der Waals surface area contributed by atoms with Crippen LogP contribution in [0.5, 0.6) is 0 Å². The zero-order chi connectivity index (χ0) is 14.6. The van der Waals surface area contributed by atoms with Gasteiger partial charge in [-0.2, -0.15) is 0 Å². The summed E-state index contributed by atoms with van der Waals surface area (Å²) in [4.78, 5) is 13.6. The van der Waals surface area contributed by atoms with Crippen molar-refractivity contribution in [3.63, 3.8) is 0 Å². The second kappa shape index (κ2) is 6.57. The molecule has 1 fully saturated rings. The van der Waals surface area contributed by atoms with E-state index in [0.717, 1.165) is 19.3 Å². The molecule has 0 aromatic rings. The third-order valence-electron chi connectivity index (χ3n) is 4.57. The molecular weight excluding hydrogens is 244 g/mol. The summed E-state index contributed by atoms with van der Waals surface area (Å²) in [5.74, 6) is 0. The maximum absolute atomic E-state index is 12.1. The van der Waals surface area contributed by atoms with E-state index in [9.17, 15) is 9.90 Å². The SMILES string of the molecule is CCC1(CC)C(NC(=O)N(C)CC(C)O)CC1OC. The number of amides is 2. The number of methoxy groups -OCH3 is 1. The topological polar surface area (TPSA) is 61.8 Å². The first-order chi connectivity index (χ1) is 8.91. The largest absolute Gasteiger partial charge is 0.392 e. The monoisotopic (exact) mass is 272 g/mol. The summed E-state index contributed by atoms with van der Waals surface area (Å²) in [5, 5.41) is 12.4. The van der Waals surface area contributed by atoms with Crippen LogP contribution >= 0.6 is 0 Å². The summed E-state index contributed by atoms with van der Waals surface area (Å²) < 4.78 is 5.52. The number of rotatable bonds is 6. The zero-order valence-electron chi connectivity index (χ0n) is 12.8. The van der Waals surface area contributed by atoms with Gasteiger partial charge in [0, 0.05) is 32.2 Å². The second-order valence-corrected chi connectivity index (χ2v) is 5.63. The number of hydrogen-bond acceptors (Lipinski definition) is 3. The van der Waals surface area contributed by atoms with Crippen LogP contribution < -0.4 is 5.32 Å². The van der Waals surface area contributed by atoms with Crippen molar-refractivity contribution >= 4 is 6.03 Å². The Balaban J connectivity index is 2.60. The van der Waals surface area contributed by atoms with Crippen LogP contribution in [0.4, 0.5) is 4.79 Å². The van der Waals surface area contributed by atoms with Gasteiger partial charge >= 0.3 is 6.03 Å². The minimum Gasteiger partial charge on any atom is -0.392 e. The number of likely N-dealkylation sites (N-methyl/N-ethyl adjacent to an activating group) is 1. The summed E-state index contributed by atoms with van der Waals surface area (Å²) in [5.41, 5.74) is 0.0517. The fraction of sp³-hybridized carbons (Fsp3) is 0.929. The van der Waals surface area contributed by atoms with Crippen LogP contribution in [0, 0.1) is 5.41 Å². The highest BCUT2D eigenvalue weighted by atomic mass is 16.5. The molecule has 112 valence electrons. The van der Waals surface area contributed by atoms with E-state index in [1.165, 1.54) is 4.90 Å². The molecule has 0 saturated heterocycles. The van der Waals surface area contributed by atoms with E-state index >= 15 is 0 Å². The van der Waals surface area contributed by atoms with Crippen LogP contribution in [0.3, 0.4) is 0 Å². The molecule has 1 saturated carbocycles. The minimum atomic E-state index is -0.508. The fourth-order valence-electron chi connectivity index (χ4n) is 3.22. The molecule has 2 amide bonds. The van der Waals surface area contributed by atoms with Crippen LogP contribution in [0.1, 0.15) is 40.0 Å². The lowest BCUT2D eigenvalue weighted by atomic mass is 9.58. The third kappa shape index (κ3) is 3.20. The molecule has 0 heterocycles. The van der Waals surface area contributed by atoms with E-state index < -0.39 is 6.10 Å². The molecule has 3 atom stereocenters. The van der Waals surface area contributed by atoms with E-state index in [4.69, 9.17) is 4.74 Å². The molecule has 0 aliphatic heterocycles. The van der Waals surface area contributed by atoms with E-state index in [2.05, 4.69) is 19.2 Å². The van der Waals surface area contributed by atoms with Crippen molar-refractivity contribution in [2.75, 3.05) is 20.7 Å². The van der Waals surface area contributed by atoms with E-state index in [-0.39, 0.29) is 23.6 Å². The maximum Gasteiger partial charge on any atom is 0.317 e. The van der Waals surface area contributed by atoms with Crippen molar-refractivity contribution in [2.24, 2.45) is 5.41 Å². The first-order valence-corrected chi connectivity index (χ1v) is 7.13. The number of urea groups is 1. The minimum absolute atomic E-state index is 0.0517. The average Bonchev–Trinajstić information content (AvgIpc) is 2.34. The van der Waals surface area contributed by atoms with Gasteiger partial charge in [0.05, 0.1) is 12.2 Å². The number of hydrogen-bond donors (Lipinski definition) is 2. The molecule has 3 unspecified atom stereocenters. The Morgan fingerprint density at radius 1 is 1.53 bits per heavy atom. The molecule has 1 rings (SSSR count). The molecule has 0 spiro atoms. The van der Waals surface area contributed by atoms with Gasteiger partial charge in [-0.05, 0) is 26.2 Å². The van der Waals surface area contributed by atoms with Crippen LogP contribution in [0.2, 0.25) is 0 Å². The Kier molecular flexibility index (Phi) is 5.62. The van der Waals surface area contributed by atoms with Gasteiger partial charge in [0.15, 0.2) is 0 Å². The smallest absolute Gasteiger partial charge is 0.317 e. The number of nitrogens with zero attached hydrogens (tertiary/aromatic N) is 1. The molecule has 1 aliphatic carbocycles. The molecule has 19 heavy (non-hydrogen) atoms. The van der Waals surface area contributed by atoms with Crippen LogP contribution in [-0.2, 0) is 4.74 Å². The zero-order valence-corrected chi connectivity index (χ0v) is 12.8. The molecule has 1 aliphatic rings. The summed E-state index contributed by atoms with van der Waals surface area (Å²) in [6, 6.07) is 0.0446. The molecule has 5 nitrogen and oxygen atoms in total. The Morgan fingerprint density at radius 3 is 2.53 bits per heavy atom. The standard InChI is InChI=1S/C14H28N2O3/c1-6-14(7-2)11(8-12(14)19-5)15-13(18)16(4)9-10(3)17/h10-12,17H,6-9H2,1-5H3,(H,15,18). The van der Waals surface area contributed by atoms with Crippen LogP contribution in [0.25, 0.3) is 0 Å². The molecule has 0 aromatic carbocycles. The number of nitrogens with one attached hydrogen (secondary N) is 1. The van der Waals surface area contributed by atoms with Crippen LogP contribution in [0.15, 0.2) is 0 Å². The van der Waals surface area contributed by atoms with Gasteiger partial charge < -0.3 is 20.1 Å². The Hall–Kier alpha value is -0.810. The fourth-order valence-corrected chi connectivity index (χ4v) is 3.22. The van der Waals surface area contributed by atoms with Crippen molar-refractivity contribution < 1.29 is 14.6 Å². The number of aliphatic hydroxyl groups is 1. The van der Waals surface area contributed by atoms with Gasteiger partial charge in [-0.3, -0.25) is 0 Å². The third-order valence-corrected chi connectivity index (χ3v) is 4.57. The highest BCUT2D eigenvalue weighted by molar-refractivity contribution is 5.74. The lowest BCUT2D eigenvalue weighted by molar-refractivity contribution is -0.120. The van der Waals surface area contributed by atoms with Gasteiger partial charge in [-0.15, -0.1) is 0 Å². The first-order valence-electron chi connectivity index (χ1n) is 7.13. The molecular formula is C14H28N2O3. The number of aliphatic hydroxyl groups excluding tert-OH is 1. The number of ether oxygens (including phenoxy) is 1. The van der Waals surface area contributed by atoms with E-state index in [1.807, 2.05) is 0 Å². The molecule has 5 heteroatoms. The number of carbonyl (C=O) groups excluding carboxylic acids is 1. The van der Waals surface area contributed by atoms with Crippen molar-refractivity contribution in [2.45, 2.75) is 58.3 Å². The van der Waals surface area contributed by atoms with Crippen LogP contribution in [-0.4, -0.2) is 55.0 Å². The molecule has 0 aromatic heterocycles. The highest BCUT2D eigenvalue weighted by Crippen LogP contribution is 2.48. The quantitative estimate of drug-likeness (QED) is 0.772. The lowest BCUT2D eigenvalue weighted by Crippen LogP contribution is -2.65. The summed E-state index contributed by atoms with van der Waals surface area (Å²) >= 11 is 0. The Labute approximate surface area is 116 Å². The molecule has 0 bridgehead atoms. The van der Waals surface area contributed by atoms with E-state index in [1.54, 1.807) is 21.1 Å².